The van der Waals surface area contributed by atoms with Crippen molar-refractivity contribution >= 4 is 15.8 Å². The molecule has 1 fully saturated rings. The summed E-state index contributed by atoms with van der Waals surface area (Å²) < 4.78 is 66.3. The fraction of sp³-hybridized carbons (Fsp3) is 0.368. The van der Waals surface area contributed by atoms with Crippen LogP contribution in [0, 0.1) is 0 Å². The zero-order chi connectivity index (χ0) is 20.1. The van der Waals surface area contributed by atoms with E-state index in [1.807, 2.05) is 37.4 Å². The number of piperazine rings is 1. The molecule has 2 heterocycles. The maximum absolute atomic E-state index is 12.9. The molecule has 2 aromatic carbocycles. The van der Waals surface area contributed by atoms with Crippen LogP contribution in [-0.4, -0.2) is 45.5 Å². The molecule has 0 bridgehead atoms. The van der Waals surface area contributed by atoms with Crippen LogP contribution in [0.5, 0.6) is 5.75 Å². The number of benzene rings is 2. The van der Waals surface area contributed by atoms with Gasteiger partial charge in [-0.2, -0.15) is 21.6 Å². The number of alkyl halides is 3. The Morgan fingerprint density at radius 2 is 1.82 bits per heavy atom. The minimum absolute atomic E-state index is 0.0330. The quantitative estimate of drug-likeness (QED) is 0.560. The number of nitrogens with zero attached hydrogens (tertiary/aromatic N) is 2. The summed E-state index contributed by atoms with van der Waals surface area (Å²) in [6, 6.07) is 12.4. The summed E-state index contributed by atoms with van der Waals surface area (Å²) in [5.41, 5.74) is -2.27. The molecular formula is C19H19F3N2O3S. The minimum Gasteiger partial charge on any atom is -0.376 e. The summed E-state index contributed by atoms with van der Waals surface area (Å²) in [6.07, 6.45) is 0.297. The van der Waals surface area contributed by atoms with Crippen molar-refractivity contribution in [2.75, 3.05) is 31.6 Å². The van der Waals surface area contributed by atoms with Gasteiger partial charge in [-0.1, -0.05) is 30.3 Å². The zero-order valence-corrected chi connectivity index (χ0v) is 15.9. The monoisotopic (exact) mass is 412 g/mol. The molecule has 150 valence electrons. The van der Waals surface area contributed by atoms with Gasteiger partial charge in [-0.3, -0.25) is 0 Å². The number of hydrogen-bond donors (Lipinski definition) is 0. The number of likely N-dealkylation sites (N-methyl/N-ethyl adjacent to an activating group) is 1. The highest BCUT2D eigenvalue weighted by molar-refractivity contribution is 7.88. The standard InChI is InChI=1S/C19H19F3N2O3S/c1-23-9-10-24-16-7-4-8-18(27-28(25,26)19(20,21)22)15(16)11-13-5-2-3-6-14(13)17(24)12-23/h2-8,17H,9-12H2,1H3. The van der Waals surface area contributed by atoms with Gasteiger partial charge in [0.05, 0.1) is 6.04 Å². The molecule has 1 unspecified atom stereocenters. The Bertz CT molecular complexity index is 1010. The highest BCUT2D eigenvalue weighted by Crippen LogP contribution is 2.43. The van der Waals surface area contributed by atoms with Crippen LogP contribution in [0.25, 0.3) is 0 Å². The lowest BCUT2D eigenvalue weighted by Crippen LogP contribution is -2.47. The smallest absolute Gasteiger partial charge is 0.376 e. The van der Waals surface area contributed by atoms with Gasteiger partial charge in [0.2, 0.25) is 0 Å². The van der Waals surface area contributed by atoms with Gasteiger partial charge in [0.15, 0.2) is 0 Å². The molecule has 0 saturated carbocycles. The van der Waals surface area contributed by atoms with Crippen molar-refractivity contribution in [2.24, 2.45) is 0 Å². The van der Waals surface area contributed by atoms with Gasteiger partial charge in [-0.15, -0.1) is 0 Å². The Morgan fingerprint density at radius 3 is 2.57 bits per heavy atom. The number of halogens is 3. The average molecular weight is 412 g/mol. The summed E-state index contributed by atoms with van der Waals surface area (Å²) in [6.45, 7) is 2.24. The molecule has 0 spiro atoms. The summed E-state index contributed by atoms with van der Waals surface area (Å²) >= 11 is 0. The third-order valence-electron chi connectivity index (χ3n) is 5.27. The maximum atomic E-state index is 12.9. The first-order valence-corrected chi connectivity index (χ1v) is 10.2. The molecule has 1 saturated heterocycles. The van der Waals surface area contributed by atoms with Gasteiger partial charge in [-0.25, -0.2) is 0 Å². The molecule has 0 aliphatic carbocycles. The topological polar surface area (TPSA) is 49.9 Å². The van der Waals surface area contributed by atoms with Crippen molar-refractivity contribution < 1.29 is 25.8 Å². The Balaban J connectivity index is 1.85. The predicted octanol–water partition coefficient (Wildman–Crippen LogP) is 3.31. The van der Waals surface area contributed by atoms with Gasteiger partial charge < -0.3 is 14.0 Å². The van der Waals surface area contributed by atoms with Crippen LogP contribution in [0.2, 0.25) is 0 Å². The molecule has 2 aromatic rings. The lowest BCUT2D eigenvalue weighted by atomic mass is 9.96. The van der Waals surface area contributed by atoms with Gasteiger partial charge >= 0.3 is 15.6 Å². The van der Waals surface area contributed by atoms with E-state index in [-0.39, 0.29) is 11.8 Å². The fourth-order valence-electron chi connectivity index (χ4n) is 3.93. The van der Waals surface area contributed by atoms with Gasteiger partial charge in [0.25, 0.3) is 0 Å². The van der Waals surface area contributed by atoms with E-state index >= 15 is 0 Å². The molecule has 4 rings (SSSR count). The SMILES string of the molecule is CN1CCN2c3cccc(OS(=O)(=O)C(F)(F)F)c3Cc3ccccc3C2C1. The summed E-state index contributed by atoms with van der Waals surface area (Å²) in [5, 5.41) is 0. The van der Waals surface area contributed by atoms with E-state index in [1.54, 1.807) is 0 Å². The molecule has 0 N–H and O–H groups in total. The lowest BCUT2D eigenvalue weighted by Gasteiger charge is -2.41. The van der Waals surface area contributed by atoms with Crippen molar-refractivity contribution in [3.63, 3.8) is 0 Å². The van der Waals surface area contributed by atoms with Gasteiger partial charge in [0, 0.05) is 37.3 Å². The molecule has 2 aliphatic rings. The fourth-order valence-corrected chi connectivity index (χ4v) is 4.42. The minimum atomic E-state index is -5.74. The van der Waals surface area contributed by atoms with Crippen LogP contribution >= 0.6 is 0 Å². The number of fused-ring (bicyclic) bond motifs is 5. The largest absolute Gasteiger partial charge is 0.534 e. The van der Waals surface area contributed by atoms with E-state index in [0.29, 0.717) is 24.2 Å². The van der Waals surface area contributed by atoms with E-state index < -0.39 is 15.6 Å². The molecule has 2 aliphatic heterocycles. The molecular weight excluding hydrogens is 393 g/mol. The molecule has 1 atom stereocenters. The number of hydrogen-bond acceptors (Lipinski definition) is 5. The highest BCUT2D eigenvalue weighted by atomic mass is 32.2. The second kappa shape index (κ2) is 6.66. The Morgan fingerprint density at radius 1 is 1.07 bits per heavy atom. The van der Waals surface area contributed by atoms with Gasteiger partial charge in [0.1, 0.15) is 5.75 Å². The third kappa shape index (κ3) is 3.22. The van der Waals surface area contributed by atoms with Crippen molar-refractivity contribution in [3.05, 3.63) is 59.2 Å². The normalized spacial score (nSPS) is 20.0. The van der Waals surface area contributed by atoms with Crippen LogP contribution in [0.4, 0.5) is 18.9 Å². The second-order valence-corrected chi connectivity index (χ2v) is 8.62. The number of anilines is 1. The Kier molecular flexibility index (Phi) is 4.54. The first-order valence-electron chi connectivity index (χ1n) is 8.83. The molecule has 0 amide bonds. The first-order chi connectivity index (χ1) is 13.2. The van der Waals surface area contributed by atoms with E-state index in [0.717, 1.165) is 24.2 Å². The lowest BCUT2D eigenvalue weighted by molar-refractivity contribution is -0.0500. The summed E-state index contributed by atoms with van der Waals surface area (Å²) in [7, 11) is -3.71. The third-order valence-corrected chi connectivity index (χ3v) is 6.23. The van der Waals surface area contributed by atoms with Crippen LogP contribution in [0.1, 0.15) is 22.7 Å². The summed E-state index contributed by atoms with van der Waals surface area (Å²) in [5.74, 6) is -0.274. The van der Waals surface area contributed by atoms with E-state index in [9.17, 15) is 21.6 Å². The Labute approximate surface area is 161 Å². The van der Waals surface area contributed by atoms with Crippen molar-refractivity contribution in [2.45, 2.75) is 18.0 Å². The predicted molar refractivity (Wildman–Crippen MR) is 98.9 cm³/mol. The maximum Gasteiger partial charge on any atom is 0.534 e. The molecule has 9 heteroatoms. The number of rotatable bonds is 2. The van der Waals surface area contributed by atoms with E-state index in [1.165, 1.54) is 12.1 Å². The van der Waals surface area contributed by atoms with E-state index in [2.05, 4.69) is 14.0 Å². The molecule has 0 radical (unpaired) electrons. The van der Waals surface area contributed by atoms with Crippen LogP contribution in [0.15, 0.2) is 42.5 Å². The van der Waals surface area contributed by atoms with Gasteiger partial charge in [-0.05, 0) is 30.3 Å². The van der Waals surface area contributed by atoms with Crippen LogP contribution < -0.4 is 9.08 Å². The van der Waals surface area contributed by atoms with E-state index in [4.69, 9.17) is 0 Å². The first kappa shape index (κ1) is 19.1. The average Bonchev–Trinajstić information content (AvgIpc) is 2.76. The zero-order valence-electron chi connectivity index (χ0n) is 15.1. The van der Waals surface area contributed by atoms with Crippen molar-refractivity contribution in [1.29, 1.82) is 0 Å². The van der Waals surface area contributed by atoms with Crippen LogP contribution in [0.3, 0.4) is 0 Å². The summed E-state index contributed by atoms with van der Waals surface area (Å²) in [4.78, 5) is 4.34. The molecule has 28 heavy (non-hydrogen) atoms. The second-order valence-electron chi connectivity index (χ2n) is 7.08. The highest BCUT2D eigenvalue weighted by Gasteiger charge is 2.49. The Hall–Kier alpha value is -2.26. The van der Waals surface area contributed by atoms with Crippen molar-refractivity contribution in [1.82, 2.24) is 4.90 Å². The molecule has 5 nitrogen and oxygen atoms in total. The molecule has 0 aromatic heterocycles. The van der Waals surface area contributed by atoms with Crippen LogP contribution in [-0.2, 0) is 16.5 Å². The van der Waals surface area contributed by atoms with Crippen molar-refractivity contribution in [3.8, 4) is 5.75 Å².